The molecule has 0 saturated heterocycles. The summed E-state index contributed by atoms with van der Waals surface area (Å²) in [5, 5.41) is 8.47. The quantitative estimate of drug-likeness (QED) is 0.417. The van der Waals surface area contributed by atoms with E-state index in [1.54, 1.807) is 13.8 Å². The molecule has 0 bridgehead atoms. The van der Waals surface area contributed by atoms with E-state index in [1.807, 2.05) is 13.8 Å². The second-order valence-electron chi connectivity index (χ2n) is 4.98. The van der Waals surface area contributed by atoms with Gasteiger partial charge in [0.05, 0.1) is 5.60 Å². The average Bonchev–Trinajstić information content (AvgIpc) is 1.99. The number of ether oxygens (including phenoxy) is 1. The SMILES string of the molecule is CCCC(C)(C)OOCC(C)(C)OC(=O)O. The fourth-order valence-corrected chi connectivity index (χ4v) is 1.24. The lowest BCUT2D eigenvalue weighted by atomic mass is 10.0. The van der Waals surface area contributed by atoms with E-state index in [0.717, 1.165) is 12.8 Å². The van der Waals surface area contributed by atoms with Crippen LogP contribution in [0.2, 0.25) is 0 Å². The molecule has 0 amide bonds. The van der Waals surface area contributed by atoms with Crippen molar-refractivity contribution >= 4 is 6.16 Å². The summed E-state index contributed by atoms with van der Waals surface area (Å²) in [4.78, 5) is 20.6. The Morgan fingerprint density at radius 3 is 2.19 bits per heavy atom. The van der Waals surface area contributed by atoms with Gasteiger partial charge in [-0.2, -0.15) is 0 Å². The average molecular weight is 234 g/mol. The van der Waals surface area contributed by atoms with E-state index in [4.69, 9.17) is 14.9 Å². The summed E-state index contributed by atoms with van der Waals surface area (Å²) in [6.45, 7) is 9.20. The largest absolute Gasteiger partial charge is 0.506 e. The molecule has 0 aliphatic carbocycles. The third-order valence-corrected chi connectivity index (χ3v) is 1.91. The van der Waals surface area contributed by atoms with Gasteiger partial charge in [0.15, 0.2) is 0 Å². The van der Waals surface area contributed by atoms with Crippen LogP contribution in [0.4, 0.5) is 4.79 Å². The van der Waals surface area contributed by atoms with E-state index in [-0.39, 0.29) is 12.2 Å². The van der Waals surface area contributed by atoms with E-state index in [0.29, 0.717) is 0 Å². The molecule has 1 N–H and O–H groups in total. The van der Waals surface area contributed by atoms with Crippen molar-refractivity contribution in [3.63, 3.8) is 0 Å². The smallest absolute Gasteiger partial charge is 0.450 e. The molecular weight excluding hydrogens is 212 g/mol. The number of carboxylic acid groups (broad SMARTS) is 1. The van der Waals surface area contributed by atoms with Crippen LogP contribution in [-0.4, -0.2) is 29.1 Å². The van der Waals surface area contributed by atoms with Gasteiger partial charge in [-0.25, -0.2) is 14.6 Å². The second kappa shape index (κ2) is 6.06. The first-order valence-electron chi connectivity index (χ1n) is 5.41. The van der Waals surface area contributed by atoms with Crippen molar-refractivity contribution in [2.24, 2.45) is 0 Å². The van der Waals surface area contributed by atoms with Crippen molar-refractivity contribution in [2.75, 3.05) is 6.61 Å². The predicted octanol–water partition coefficient (Wildman–Crippen LogP) is 2.99. The zero-order chi connectivity index (χ0) is 12.8. The molecule has 0 heterocycles. The van der Waals surface area contributed by atoms with Crippen molar-refractivity contribution in [1.82, 2.24) is 0 Å². The molecule has 0 aromatic rings. The molecule has 0 aliphatic heterocycles. The van der Waals surface area contributed by atoms with Gasteiger partial charge in [0.1, 0.15) is 12.2 Å². The number of rotatable bonds is 7. The van der Waals surface area contributed by atoms with E-state index in [9.17, 15) is 4.79 Å². The van der Waals surface area contributed by atoms with E-state index in [1.165, 1.54) is 0 Å². The Labute approximate surface area is 96.6 Å². The molecule has 0 aromatic carbocycles. The standard InChI is InChI=1S/C11H22O5/c1-6-7-10(2,3)16-14-8-11(4,5)15-9(12)13/h6-8H2,1-5H3,(H,12,13). The van der Waals surface area contributed by atoms with Crippen molar-refractivity contribution < 1.29 is 24.4 Å². The summed E-state index contributed by atoms with van der Waals surface area (Å²) in [6, 6.07) is 0. The van der Waals surface area contributed by atoms with Gasteiger partial charge in [-0.05, 0) is 34.1 Å². The highest BCUT2D eigenvalue weighted by Crippen LogP contribution is 2.18. The third kappa shape index (κ3) is 7.48. The fourth-order valence-electron chi connectivity index (χ4n) is 1.24. The summed E-state index contributed by atoms with van der Waals surface area (Å²) in [6.07, 6.45) is 0.542. The van der Waals surface area contributed by atoms with E-state index >= 15 is 0 Å². The van der Waals surface area contributed by atoms with E-state index in [2.05, 4.69) is 11.7 Å². The minimum absolute atomic E-state index is 0.0619. The highest BCUT2D eigenvalue weighted by atomic mass is 17.2. The first-order chi connectivity index (χ1) is 7.18. The molecule has 0 spiro atoms. The molecule has 5 heteroatoms. The van der Waals surface area contributed by atoms with Gasteiger partial charge in [-0.1, -0.05) is 13.3 Å². The molecule has 96 valence electrons. The van der Waals surface area contributed by atoms with E-state index < -0.39 is 11.8 Å². The second-order valence-corrected chi connectivity index (χ2v) is 4.98. The fraction of sp³-hybridized carbons (Fsp3) is 0.909. The summed E-state index contributed by atoms with van der Waals surface area (Å²) in [5.41, 5.74) is -1.28. The van der Waals surface area contributed by atoms with Gasteiger partial charge in [0.25, 0.3) is 0 Å². The Hall–Kier alpha value is -0.810. The molecule has 0 aromatic heterocycles. The van der Waals surface area contributed by atoms with Gasteiger partial charge >= 0.3 is 6.16 Å². The first kappa shape index (κ1) is 15.2. The maximum atomic E-state index is 10.4. The maximum absolute atomic E-state index is 10.4. The molecule has 0 atom stereocenters. The Morgan fingerprint density at radius 2 is 1.75 bits per heavy atom. The summed E-state index contributed by atoms with van der Waals surface area (Å²) in [5.74, 6) is 0. The number of hydrogen-bond acceptors (Lipinski definition) is 4. The predicted molar refractivity (Wildman–Crippen MR) is 59.2 cm³/mol. The van der Waals surface area contributed by atoms with Crippen LogP contribution in [0.1, 0.15) is 47.5 Å². The van der Waals surface area contributed by atoms with Gasteiger partial charge in [0.2, 0.25) is 0 Å². The minimum atomic E-state index is -1.32. The third-order valence-electron chi connectivity index (χ3n) is 1.91. The molecule has 0 saturated carbocycles. The van der Waals surface area contributed by atoms with Crippen LogP contribution < -0.4 is 0 Å². The van der Waals surface area contributed by atoms with Crippen molar-refractivity contribution in [3.05, 3.63) is 0 Å². The summed E-state index contributed by atoms with van der Waals surface area (Å²) < 4.78 is 4.62. The van der Waals surface area contributed by atoms with Crippen LogP contribution in [0.5, 0.6) is 0 Å². The topological polar surface area (TPSA) is 65.0 Å². The highest BCUT2D eigenvalue weighted by molar-refractivity contribution is 5.57. The van der Waals surface area contributed by atoms with Gasteiger partial charge < -0.3 is 9.84 Å². The van der Waals surface area contributed by atoms with Gasteiger partial charge in [0, 0.05) is 0 Å². The van der Waals surface area contributed by atoms with Crippen molar-refractivity contribution in [1.29, 1.82) is 0 Å². The van der Waals surface area contributed by atoms with Crippen LogP contribution in [0.3, 0.4) is 0 Å². The van der Waals surface area contributed by atoms with Crippen molar-refractivity contribution in [2.45, 2.75) is 58.7 Å². The lowest BCUT2D eigenvalue weighted by molar-refractivity contribution is -0.367. The number of carbonyl (C=O) groups is 1. The summed E-state index contributed by atoms with van der Waals surface area (Å²) in [7, 11) is 0. The molecule has 0 aliphatic rings. The van der Waals surface area contributed by atoms with Crippen molar-refractivity contribution in [3.8, 4) is 0 Å². The normalized spacial score (nSPS) is 12.6. The number of hydrogen-bond donors (Lipinski definition) is 1. The summed E-state index contributed by atoms with van der Waals surface area (Å²) >= 11 is 0. The molecular formula is C11H22O5. The maximum Gasteiger partial charge on any atom is 0.506 e. The lowest BCUT2D eigenvalue weighted by Gasteiger charge is -2.27. The Bertz CT molecular complexity index is 222. The monoisotopic (exact) mass is 234 g/mol. The minimum Gasteiger partial charge on any atom is -0.450 e. The highest BCUT2D eigenvalue weighted by Gasteiger charge is 2.26. The molecule has 0 rings (SSSR count). The molecule has 5 nitrogen and oxygen atoms in total. The Balaban J connectivity index is 3.92. The zero-order valence-corrected chi connectivity index (χ0v) is 10.7. The van der Waals surface area contributed by atoms with Crippen LogP contribution in [-0.2, 0) is 14.5 Å². The van der Waals surface area contributed by atoms with Crippen LogP contribution in [0, 0.1) is 0 Å². The Morgan fingerprint density at radius 1 is 1.19 bits per heavy atom. The first-order valence-corrected chi connectivity index (χ1v) is 5.41. The van der Waals surface area contributed by atoms with Crippen LogP contribution >= 0.6 is 0 Å². The molecule has 0 radical (unpaired) electrons. The van der Waals surface area contributed by atoms with Gasteiger partial charge in [-0.3, -0.25) is 0 Å². The molecule has 16 heavy (non-hydrogen) atoms. The van der Waals surface area contributed by atoms with Crippen LogP contribution in [0.25, 0.3) is 0 Å². The molecule has 0 unspecified atom stereocenters. The Kier molecular flexibility index (Phi) is 5.75. The zero-order valence-electron chi connectivity index (χ0n) is 10.7. The van der Waals surface area contributed by atoms with Gasteiger partial charge in [-0.15, -0.1) is 0 Å². The lowest BCUT2D eigenvalue weighted by Crippen LogP contribution is -2.35. The molecule has 0 fully saturated rings. The van der Waals surface area contributed by atoms with Crippen LogP contribution in [0.15, 0.2) is 0 Å².